The van der Waals surface area contributed by atoms with E-state index in [-0.39, 0.29) is 48.9 Å². The number of aliphatic carboxylic acids is 4. The first kappa shape index (κ1) is 42.3. The zero-order chi connectivity index (χ0) is 33.7. The van der Waals surface area contributed by atoms with Crippen LogP contribution in [0.1, 0.15) is 41.5 Å². The Kier molecular flexibility index (Phi) is 22.7. The summed E-state index contributed by atoms with van der Waals surface area (Å²) in [5, 5.41) is 49.0. The lowest BCUT2D eigenvalue weighted by Crippen LogP contribution is -2.34. The number of anilines is 1. The van der Waals surface area contributed by atoms with Crippen molar-refractivity contribution in [3.05, 3.63) is 16.7 Å². The number of nitrogens with two attached hydrogens (primary N) is 3. The van der Waals surface area contributed by atoms with Crippen LogP contribution >= 0.6 is 0 Å². The molecule has 0 aliphatic carbocycles. The van der Waals surface area contributed by atoms with Gasteiger partial charge >= 0.3 is 11.9 Å². The number of aromatic nitrogens is 4. The summed E-state index contributed by atoms with van der Waals surface area (Å²) in [6.07, 6.45) is 0.680. The van der Waals surface area contributed by atoms with Gasteiger partial charge < -0.3 is 52.6 Å². The second kappa shape index (κ2) is 22.5. The zero-order valence-electron chi connectivity index (χ0n) is 24.3. The Morgan fingerprint density at radius 1 is 0.905 bits per heavy atom. The van der Waals surface area contributed by atoms with Gasteiger partial charge in [0.2, 0.25) is 5.95 Å². The molecule has 0 saturated heterocycles. The fourth-order valence-electron chi connectivity index (χ4n) is 1.98. The van der Waals surface area contributed by atoms with Crippen molar-refractivity contribution in [1.82, 2.24) is 19.5 Å². The molecule has 0 bridgehead atoms. The maximum Gasteiger partial charge on any atom is 0.320 e. The fourth-order valence-corrected chi connectivity index (χ4v) is 1.98. The SMILES string of the molecule is CC(=O)O.CC(=O)O.CC(C)[C@H](N)C(=O)O.CC(C)[C@H](N)C(=O)O.Nc1nc2c(ncn2COC(CO)CO)c(=O)[nH]1. The van der Waals surface area contributed by atoms with Gasteiger partial charge in [-0.15, -0.1) is 0 Å². The summed E-state index contributed by atoms with van der Waals surface area (Å²) in [7, 11) is 0. The van der Waals surface area contributed by atoms with Gasteiger partial charge in [-0.1, -0.05) is 27.7 Å². The maximum atomic E-state index is 11.5. The highest BCUT2D eigenvalue weighted by molar-refractivity contribution is 5.73. The number of aliphatic hydroxyl groups is 2. The Morgan fingerprint density at radius 2 is 1.29 bits per heavy atom. The maximum absolute atomic E-state index is 11.5. The number of nitrogens with one attached hydrogen (secondary N) is 1. The van der Waals surface area contributed by atoms with Crippen molar-refractivity contribution in [2.75, 3.05) is 18.9 Å². The van der Waals surface area contributed by atoms with Crippen molar-refractivity contribution in [3.63, 3.8) is 0 Å². The summed E-state index contributed by atoms with van der Waals surface area (Å²) in [4.78, 5) is 59.7. The molecule has 2 rings (SSSR count). The van der Waals surface area contributed by atoms with Crippen LogP contribution in [0.3, 0.4) is 0 Å². The Hall–Kier alpha value is -4.17. The van der Waals surface area contributed by atoms with E-state index < -0.39 is 47.6 Å². The second-order valence-corrected chi connectivity index (χ2v) is 8.87. The van der Waals surface area contributed by atoms with E-state index in [1.165, 1.54) is 10.9 Å². The number of hydrogen-bond donors (Lipinski definition) is 10. The summed E-state index contributed by atoms with van der Waals surface area (Å²) < 4.78 is 6.66. The number of aliphatic hydroxyl groups excluding tert-OH is 2. The van der Waals surface area contributed by atoms with E-state index in [1.807, 2.05) is 0 Å². The van der Waals surface area contributed by atoms with Crippen molar-refractivity contribution in [2.24, 2.45) is 23.3 Å². The largest absolute Gasteiger partial charge is 0.481 e. The number of H-pyrrole nitrogens is 1. The van der Waals surface area contributed by atoms with E-state index >= 15 is 0 Å². The number of nitrogens with zero attached hydrogens (tertiary/aromatic N) is 3. The van der Waals surface area contributed by atoms with Gasteiger partial charge in [-0.2, -0.15) is 4.98 Å². The lowest BCUT2D eigenvalue weighted by atomic mass is 10.1. The summed E-state index contributed by atoms with van der Waals surface area (Å²) in [6, 6.07) is -1.43. The number of carbonyl (C=O) groups is 4. The van der Waals surface area contributed by atoms with Gasteiger partial charge in [0.25, 0.3) is 17.5 Å². The van der Waals surface area contributed by atoms with Crippen molar-refractivity contribution in [1.29, 1.82) is 0 Å². The van der Waals surface area contributed by atoms with E-state index in [4.69, 9.17) is 62.2 Å². The van der Waals surface area contributed by atoms with Gasteiger partial charge in [0.1, 0.15) is 24.9 Å². The Bertz CT molecular complexity index is 1100. The molecule has 0 aliphatic heterocycles. The molecule has 0 radical (unpaired) electrons. The van der Waals surface area contributed by atoms with Crippen LogP contribution in [0.5, 0.6) is 0 Å². The molecule has 2 aromatic heterocycles. The molecule has 0 aliphatic rings. The molecule has 0 unspecified atom stereocenters. The van der Waals surface area contributed by atoms with E-state index in [0.29, 0.717) is 0 Å². The predicted molar refractivity (Wildman–Crippen MR) is 149 cm³/mol. The molecule has 13 N–H and O–H groups in total. The third kappa shape index (κ3) is 20.7. The van der Waals surface area contributed by atoms with Crippen LogP contribution in [0.2, 0.25) is 0 Å². The van der Waals surface area contributed by atoms with E-state index in [1.54, 1.807) is 27.7 Å². The van der Waals surface area contributed by atoms with E-state index in [2.05, 4.69) is 15.0 Å². The Balaban J connectivity index is -0.000000531. The molecular formula is C23H43N7O12. The quantitative estimate of drug-likeness (QED) is 0.152. The molecule has 42 heavy (non-hydrogen) atoms. The minimum atomic E-state index is -0.931. The Morgan fingerprint density at radius 3 is 1.57 bits per heavy atom. The van der Waals surface area contributed by atoms with Crippen molar-refractivity contribution >= 4 is 41.0 Å². The number of aromatic amines is 1. The third-order valence-corrected chi connectivity index (χ3v) is 4.36. The molecule has 0 saturated carbocycles. The molecule has 19 nitrogen and oxygen atoms in total. The number of carboxylic acid groups (broad SMARTS) is 4. The number of fused-ring (bicyclic) bond motifs is 1. The summed E-state index contributed by atoms with van der Waals surface area (Å²) in [5.41, 5.74) is 15.8. The van der Waals surface area contributed by atoms with Crippen molar-refractivity contribution in [3.8, 4) is 0 Å². The molecule has 2 aromatic rings. The first-order chi connectivity index (χ1) is 19.2. The van der Waals surface area contributed by atoms with Crippen LogP contribution in [-0.2, 0) is 30.6 Å². The first-order valence-electron chi connectivity index (χ1n) is 12.1. The highest BCUT2D eigenvalue weighted by atomic mass is 16.5. The van der Waals surface area contributed by atoms with Gasteiger partial charge in [-0.05, 0) is 11.8 Å². The molecule has 0 spiro atoms. The highest BCUT2D eigenvalue weighted by Gasteiger charge is 2.15. The average molecular weight is 610 g/mol. The second-order valence-electron chi connectivity index (χ2n) is 8.87. The van der Waals surface area contributed by atoms with Gasteiger partial charge in [0, 0.05) is 13.8 Å². The topological polar surface area (TPSA) is 341 Å². The number of imidazole rings is 1. The van der Waals surface area contributed by atoms with Crippen molar-refractivity contribution < 1.29 is 54.6 Å². The van der Waals surface area contributed by atoms with Crippen LogP contribution in [0.25, 0.3) is 11.2 Å². The van der Waals surface area contributed by atoms with Crippen LogP contribution < -0.4 is 22.8 Å². The fraction of sp³-hybridized carbons (Fsp3) is 0.609. The molecule has 2 heterocycles. The predicted octanol–water partition coefficient (Wildman–Crippen LogP) is -1.68. The number of hydrogen-bond acceptors (Lipinski definition) is 13. The third-order valence-electron chi connectivity index (χ3n) is 4.36. The van der Waals surface area contributed by atoms with Crippen LogP contribution in [-0.4, -0.2) is 105 Å². The van der Waals surface area contributed by atoms with E-state index in [9.17, 15) is 14.4 Å². The molecule has 2 atom stereocenters. The summed E-state index contributed by atoms with van der Waals surface area (Å²) in [6.45, 7) is 8.66. The monoisotopic (exact) mass is 609 g/mol. The van der Waals surface area contributed by atoms with Crippen LogP contribution in [0.4, 0.5) is 5.95 Å². The molecule has 0 aromatic carbocycles. The standard InChI is InChI=1S/C9H13N5O4.2C5H11NO2.2C2H4O2/c10-9-12-7-6(8(17)13-9)11-3-14(7)4-18-5(1-15)2-16;2*1-3(2)4(6)5(7)8;2*1-2(3)4/h3,5,15-16H,1-2,4H2,(H3,10,12,13,17);2*3-4H,6H2,1-2H3,(H,7,8);2*1H3,(H,3,4)/t;2*4-;;/m.00../s1. The number of nitrogen functional groups attached to an aromatic ring is 1. The summed E-state index contributed by atoms with van der Waals surface area (Å²) >= 11 is 0. The van der Waals surface area contributed by atoms with Gasteiger partial charge in [0.05, 0.1) is 19.5 Å². The molecule has 0 amide bonds. The molecular weight excluding hydrogens is 566 g/mol. The Labute approximate surface area is 240 Å². The molecule has 242 valence electrons. The number of rotatable bonds is 9. The lowest BCUT2D eigenvalue weighted by molar-refractivity contribution is -0.140. The number of ether oxygens (including phenoxy) is 1. The van der Waals surface area contributed by atoms with Gasteiger partial charge in [-0.25, -0.2) is 4.98 Å². The van der Waals surface area contributed by atoms with Gasteiger partial charge in [-0.3, -0.25) is 33.5 Å². The zero-order valence-corrected chi connectivity index (χ0v) is 24.3. The van der Waals surface area contributed by atoms with Gasteiger partial charge in [0.15, 0.2) is 11.2 Å². The smallest absolute Gasteiger partial charge is 0.320 e. The average Bonchev–Trinajstić information content (AvgIpc) is 3.26. The van der Waals surface area contributed by atoms with E-state index in [0.717, 1.165) is 13.8 Å². The van der Waals surface area contributed by atoms with Crippen LogP contribution in [0, 0.1) is 11.8 Å². The normalized spacial score (nSPS) is 11.5. The van der Waals surface area contributed by atoms with Crippen LogP contribution in [0.15, 0.2) is 11.1 Å². The lowest BCUT2D eigenvalue weighted by Gasteiger charge is -2.12. The van der Waals surface area contributed by atoms with Crippen molar-refractivity contribution in [2.45, 2.75) is 66.5 Å². The molecule has 0 fully saturated rings. The number of carboxylic acids is 4. The minimum absolute atomic E-state index is 0.00181. The highest BCUT2D eigenvalue weighted by Crippen LogP contribution is 2.07. The first-order valence-corrected chi connectivity index (χ1v) is 12.1. The minimum Gasteiger partial charge on any atom is -0.481 e. The molecule has 19 heteroatoms. The summed E-state index contributed by atoms with van der Waals surface area (Å²) in [5.74, 6) is -3.50.